The Labute approximate surface area is 125 Å². The molecule has 20 heavy (non-hydrogen) atoms. The van der Waals surface area contributed by atoms with Gasteiger partial charge in [0.1, 0.15) is 0 Å². The van der Waals surface area contributed by atoms with Gasteiger partial charge < -0.3 is 10.6 Å². The predicted octanol–water partition coefficient (Wildman–Crippen LogP) is 2.35. The minimum atomic E-state index is 0.0373. The van der Waals surface area contributed by atoms with Gasteiger partial charge in [0.25, 0.3) is 0 Å². The van der Waals surface area contributed by atoms with Gasteiger partial charge in [0, 0.05) is 23.3 Å². The third-order valence-electron chi connectivity index (χ3n) is 3.66. The number of carbonyl (C=O) groups is 1. The zero-order chi connectivity index (χ0) is 14.4. The van der Waals surface area contributed by atoms with Gasteiger partial charge in [-0.1, -0.05) is 18.0 Å². The predicted molar refractivity (Wildman–Crippen MR) is 83.2 cm³/mol. The van der Waals surface area contributed by atoms with Crippen molar-refractivity contribution >= 4 is 23.2 Å². The van der Waals surface area contributed by atoms with Crippen molar-refractivity contribution in [1.82, 2.24) is 10.2 Å². The Morgan fingerprint density at radius 2 is 2.10 bits per heavy atom. The fourth-order valence-corrected chi connectivity index (χ4v) is 2.78. The molecule has 2 N–H and O–H groups in total. The van der Waals surface area contributed by atoms with Crippen LogP contribution in [0.3, 0.4) is 0 Å². The molecule has 1 aliphatic rings. The molecule has 1 fully saturated rings. The molecule has 1 atom stereocenters. The maximum atomic E-state index is 12.1. The number of rotatable bonds is 5. The summed E-state index contributed by atoms with van der Waals surface area (Å²) in [6, 6.07) is 7.66. The van der Waals surface area contributed by atoms with Crippen LogP contribution in [0.25, 0.3) is 0 Å². The normalized spacial score (nSPS) is 19.8. The second-order valence-electron chi connectivity index (χ2n) is 5.23. The molecule has 0 aliphatic carbocycles. The van der Waals surface area contributed by atoms with E-state index in [1.165, 1.54) is 12.8 Å². The summed E-state index contributed by atoms with van der Waals surface area (Å²) in [5, 5.41) is 6.80. The number of amides is 1. The van der Waals surface area contributed by atoms with Crippen molar-refractivity contribution in [2.24, 2.45) is 0 Å². The summed E-state index contributed by atoms with van der Waals surface area (Å²) in [7, 11) is 1.96. The summed E-state index contributed by atoms with van der Waals surface area (Å²) in [6.45, 7) is 2.39. The molecule has 0 aromatic heterocycles. The summed E-state index contributed by atoms with van der Waals surface area (Å²) in [5.41, 5.74) is 0.793. The molecule has 1 unspecified atom stereocenters. The molecule has 4 nitrogen and oxygen atoms in total. The quantitative estimate of drug-likeness (QED) is 0.876. The molecule has 1 aliphatic heterocycles. The molecule has 1 aromatic rings. The molecular weight excluding hydrogens is 274 g/mol. The van der Waals surface area contributed by atoms with Gasteiger partial charge in [0.15, 0.2) is 0 Å². The molecule has 0 bridgehead atoms. The largest absolute Gasteiger partial charge is 0.325 e. The number of hydrogen-bond donors (Lipinski definition) is 2. The van der Waals surface area contributed by atoms with E-state index in [-0.39, 0.29) is 5.91 Å². The first-order chi connectivity index (χ1) is 9.69. The van der Waals surface area contributed by atoms with E-state index in [9.17, 15) is 4.79 Å². The number of hydrogen-bond acceptors (Lipinski definition) is 3. The summed E-state index contributed by atoms with van der Waals surface area (Å²) in [6.07, 6.45) is 3.59. The highest BCUT2D eigenvalue weighted by molar-refractivity contribution is 6.30. The average Bonchev–Trinajstić information content (AvgIpc) is 2.44. The first kappa shape index (κ1) is 15.3. The van der Waals surface area contributed by atoms with Crippen molar-refractivity contribution in [2.75, 3.05) is 32.0 Å². The number of piperidine rings is 1. The van der Waals surface area contributed by atoms with Crippen molar-refractivity contribution in [1.29, 1.82) is 0 Å². The van der Waals surface area contributed by atoms with Crippen LogP contribution in [0.1, 0.15) is 19.3 Å². The van der Waals surface area contributed by atoms with Gasteiger partial charge in [0.2, 0.25) is 5.91 Å². The van der Waals surface area contributed by atoms with Crippen LogP contribution in [-0.4, -0.2) is 43.5 Å². The van der Waals surface area contributed by atoms with Crippen molar-refractivity contribution in [3.05, 3.63) is 29.3 Å². The van der Waals surface area contributed by atoms with Gasteiger partial charge in [0.05, 0.1) is 6.54 Å². The average molecular weight is 296 g/mol. The summed E-state index contributed by atoms with van der Waals surface area (Å²) in [5.74, 6) is 0.0373. The Bertz CT molecular complexity index is 433. The molecule has 1 heterocycles. The SMILES string of the molecule is CNCC1CCCCN1CC(=O)Nc1ccc(Cl)cc1. The smallest absolute Gasteiger partial charge is 0.238 e. The van der Waals surface area contributed by atoms with Crippen LogP contribution < -0.4 is 10.6 Å². The van der Waals surface area contributed by atoms with Crippen molar-refractivity contribution in [3.63, 3.8) is 0 Å². The molecule has 110 valence electrons. The second kappa shape index (κ2) is 7.62. The minimum Gasteiger partial charge on any atom is -0.325 e. The molecule has 0 radical (unpaired) electrons. The molecule has 1 aromatic carbocycles. The maximum Gasteiger partial charge on any atom is 0.238 e. The Kier molecular flexibility index (Phi) is 5.83. The zero-order valence-corrected chi connectivity index (χ0v) is 12.6. The first-order valence-corrected chi connectivity index (χ1v) is 7.51. The fourth-order valence-electron chi connectivity index (χ4n) is 2.65. The van der Waals surface area contributed by atoms with E-state index >= 15 is 0 Å². The van der Waals surface area contributed by atoms with Crippen molar-refractivity contribution in [2.45, 2.75) is 25.3 Å². The summed E-state index contributed by atoms with van der Waals surface area (Å²) < 4.78 is 0. The van der Waals surface area contributed by atoms with Crippen LogP contribution in [0.15, 0.2) is 24.3 Å². The van der Waals surface area contributed by atoms with E-state index in [1.54, 1.807) is 12.1 Å². The van der Waals surface area contributed by atoms with Crippen LogP contribution in [0.5, 0.6) is 0 Å². The van der Waals surface area contributed by atoms with E-state index < -0.39 is 0 Å². The molecule has 1 amide bonds. The molecule has 0 spiro atoms. The number of nitrogens with zero attached hydrogens (tertiary/aromatic N) is 1. The molecule has 5 heteroatoms. The Morgan fingerprint density at radius 3 is 2.80 bits per heavy atom. The lowest BCUT2D eigenvalue weighted by Gasteiger charge is -2.35. The van der Waals surface area contributed by atoms with Crippen LogP contribution in [-0.2, 0) is 4.79 Å². The lowest BCUT2D eigenvalue weighted by atomic mass is 10.0. The van der Waals surface area contributed by atoms with Gasteiger partial charge in [-0.25, -0.2) is 0 Å². The monoisotopic (exact) mass is 295 g/mol. The van der Waals surface area contributed by atoms with Crippen LogP contribution in [0, 0.1) is 0 Å². The molecular formula is C15H22ClN3O. The van der Waals surface area contributed by atoms with Gasteiger partial charge in [-0.15, -0.1) is 0 Å². The summed E-state index contributed by atoms with van der Waals surface area (Å²) >= 11 is 5.83. The Balaban J connectivity index is 1.87. The van der Waals surface area contributed by atoms with Crippen LogP contribution >= 0.6 is 11.6 Å². The highest BCUT2D eigenvalue weighted by Gasteiger charge is 2.23. The lowest BCUT2D eigenvalue weighted by Crippen LogP contribution is -2.47. The number of benzene rings is 1. The third-order valence-corrected chi connectivity index (χ3v) is 3.92. The van der Waals surface area contributed by atoms with Crippen LogP contribution in [0.4, 0.5) is 5.69 Å². The first-order valence-electron chi connectivity index (χ1n) is 7.13. The number of halogens is 1. The number of nitrogens with one attached hydrogen (secondary N) is 2. The standard InChI is InChI=1S/C15H22ClN3O/c1-17-10-14-4-2-3-9-19(14)11-15(20)18-13-7-5-12(16)6-8-13/h5-8,14,17H,2-4,9-11H2,1H3,(H,18,20). The van der Waals surface area contributed by atoms with Crippen molar-refractivity contribution < 1.29 is 4.79 Å². The van der Waals surface area contributed by atoms with Gasteiger partial charge in [-0.3, -0.25) is 9.69 Å². The number of anilines is 1. The fraction of sp³-hybridized carbons (Fsp3) is 0.533. The van der Waals surface area contributed by atoms with Gasteiger partial charge in [-0.2, -0.15) is 0 Å². The van der Waals surface area contributed by atoms with E-state index in [4.69, 9.17) is 11.6 Å². The molecule has 2 rings (SSSR count). The maximum absolute atomic E-state index is 12.1. The van der Waals surface area contributed by atoms with Crippen molar-refractivity contribution in [3.8, 4) is 0 Å². The molecule has 1 saturated heterocycles. The Morgan fingerprint density at radius 1 is 1.35 bits per heavy atom. The highest BCUT2D eigenvalue weighted by Crippen LogP contribution is 2.17. The van der Waals surface area contributed by atoms with E-state index in [1.807, 2.05) is 19.2 Å². The number of carbonyl (C=O) groups excluding carboxylic acids is 1. The molecule has 0 saturated carbocycles. The highest BCUT2D eigenvalue weighted by atomic mass is 35.5. The van der Waals surface area contributed by atoms with E-state index in [0.29, 0.717) is 17.6 Å². The van der Waals surface area contributed by atoms with Gasteiger partial charge >= 0.3 is 0 Å². The number of likely N-dealkylation sites (tertiary alicyclic amines) is 1. The second-order valence-corrected chi connectivity index (χ2v) is 5.67. The van der Waals surface area contributed by atoms with E-state index in [0.717, 1.165) is 25.2 Å². The third kappa shape index (κ3) is 4.47. The Hall–Kier alpha value is -1.10. The van der Waals surface area contributed by atoms with Crippen LogP contribution in [0.2, 0.25) is 5.02 Å². The van der Waals surface area contributed by atoms with E-state index in [2.05, 4.69) is 15.5 Å². The number of likely N-dealkylation sites (N-methyl/N-ethyl adjacent to an activating group) is 1. The topological polar surface area (TPSA) is 44.4 Å². The minimum absolute atomic E-state index is 0.0373. The van der Waals surface area contributed by atoms with Gasteiger partial charge in [-0.05, 0) is 50.7 Å². The zero-order valence-electron chi connectivity index (χ0n) is 11.9. The summed E-state index contributed by atoms with van der Waals surface area (Å²) in [4.78, 5) is 14.4. The lowest BCUT2D eigenvalue weighted by molar-refractivity contribution is -0.118.